The topological polar surface area (TPSA) is 40.5 Å². The maximum Gasteiger partial charge on any atom is 0.229 e. The first kappa shape index (κ1) is 11.3. The lowest BCUT2D eigenvalue weighted by molar-refractivity contribution is -0.117. The second-order valence-corrected chi connectivity index (χ2v) is 5.54. The molecule has 1 heterocycles. The van der Waals surface area contributed by atoms with Gasteiger partial charge in [-0.1, -0.05) is 15.9 Å². The van der Waals surface area contributed by atoms with Crippen LogP contribution in [0.15, 0.2) is 22.7 Å². The minimum Gasteiger partial charge on any atom is -0.391 e. The third-order valence-electron chi connectivity index (χ3n) is 2.31. The molecule has 15 heavy (non-hydrogen) atoms. The summed E-state index contributed by atoms with van der Waals surface area (Å²) in [5.74, 6) is -0.0114. The lowest BCUT2D eigenvalue weighted by Crippen LogP contribution is -2.25. The van der Waals surface area contributed by atoms with Gasteiger partial charge in [-0.25, -0.2) is 0 Å². The molecule has 3 nitrogen and oxygen atoms in total. The Morgan fingerprint density at radius 1 is 1.53 bits per heavy atom. The first-order valence-electron chi connectivity index (χ1n) is 4.51. The zero-order chi connectivity index (χ0) is 11.0. The van der Waals surface area contributed by atoms with Gasteiger partial charge >= 0.3 is 0 Å². The van der Waals surface area contributed by atoms with Gasteiger partial charge in [0.1, 0.15) is 0 Å². The van der Waals surface area contributed by atoms with E-state index in [1.807, 2.05) is 18.2 Å². The third kappa shape index (κ3) is 2.34. The van der Waals surface area contributed by atoms with E-state index in [-0.39, 0.29) is 12.3 Å². The van der Waals surface area contributed by atoms with Crippen molar-refractivity contribution in [3.05, 3.63) is 26.2 Å². The van der Waals surface area contributed by atoms with Gasteiger partial charge in [-0.2, -0.15) is 0 Å². The van der Waals surface area contributed by atoms with Gasteiger partial charge < -0.3 is 10.0 Å². The number of amides is 1. The van der Waals surface area contributed by atoms with Gasteiger partial charge in [0, 0.05) is 8.04 Å². The van der Waals surface area contributed by atoms with Gasteiger partial charge in [0.15, 0.2) is 0 Å². The average molecular weight is 382 g/mol. The molecule has 2 rings (SSSR count). The lowest BCUT2D eigenvalue weighted by atomic mass is 10.3. The van der Waals surface area contributed by atoms with E-state index in [1.165, 1.54) is 0 Å². The summed E-state index contributed by atoms with van der Waals surface area (Å²) in [5, 5.41) is 9.40. The molecule has 0 bridgehead atoms. The van der Waals surface area contributed by atoms with Crippen molar-refractivity contribution in [1.82, 2.24) is 0 Å². The summed E-state index contributed by atoms with van der Waals surface area (Å²) in [7, 11) is 0. The normalized spacial score (nSPS) is 21.1. The summed E-state index contributed by atoms with van der Waals surface area (Å²) in [6.07, 6.45) is -0.302. The molecule has 0 aliphatic carbocycles. The average Bonchev–Trinajstić information content (AvgIpc) is 2.45. The number of aliphatic hydroxyl groups excluding tert-OH is 1. The highest BCUT2D eigenvalue weighted by atomic mass is 127. The molecule has 1 aliphatic rings. The molecule has 5 heteroatoms. The number of nitrogens with zero attached hydrogens (tertiary/aromatic N) is 1. The fraction of sp³-hybridized carbons (Fsp3) is 0.300. The van der Waals surface area contributed by atoms with Crippen molar-refractivity contribution in [1.29, 1.82) is 0 Å². The highest BCUT2D eigenvalue weighted by Crippen LogP contribution is 2.29. The van der Waals surface area contributed by atoms with E-state index >= 15 is 0 Å². The molecule has 1 aromatic rings. The standard InChI is InChI=1S/C10H9BrINO2/c11-6-1-2-9(8(12)3-6)13-5-7(14)4-10(13)15/h1-3,7,14H,4-5H2. The molecule has 1 aliphatic heterocycles. The highest BCUT2D eigenvalue weighted by molar-refractivity contribution is 14.1. The number of anilines is 1. The summed E-state index contributed by atoms with van der Waals surface area (Å²) in [4.78, 5) is 13.2. The number of rotatable bonds is 1. The molecule has 0 radical (unpaired) electrons. The SMILES string of the molecule is O=C1CC(O)CN1c1ccc(Br)cc1I. The molecular formula is C10H9BrINO2. The fourth-order valence-corrected chi connectivity index (χ4v) is 3.22. The quantitative estimate of drug-likeness (QED) is 0.757. The minimum absolute atomic E-state index is 0.0114. The number of carbonyl (C=O) groups excluding carboxylic acids is 1. The summed E-state index contributed by atoms with van der Waals surface area (Å²) >= 11 is 5.56. The van der Waals surface area contributed by atoms with Gasteiger partial charge in [-0.15, -0.1) is 0 Å². The van der Waals surface area contributed by atoms with Crippen molar-refractivity contribution in [2.24, 2.45) is 0 Å². The number of hydrogen-bond acceptors (Lipinski definition) is 2. The Bertz CT molecular complexity index is 410. The van der Waals surface area contributed by atoms with Crippen LogP contribution in [0.4, 0.5) is 5.69 Å². The lowest BCUT2D eigenvalue weighted by Gasteiger charge is -2.17. The molecule has 1 N–H and O–H groups in total. The highest BCUT2D eigenvalue weighted by Gasteiger charge is 2.29. The van der Waals surface area contributed by atoms with Crippen LogP contribution >= 0.6 is 38.5 Å². The van der Waals surface area contributed by atoms with E-state index < -0.39 is 6.10 Å². The largest absolute Gasteiger partial charge is 0.391 e. The summed E-state index contributed by atoms with van der Waals surface area (Å²) in [5.41, 5.74) is 0.875. The van der Waals surface area contributed by atoms with Crippen LogP contribution in [0.1, 0.15) is 6.42 Å². The van der Waals surface area contributed by atoms with E-state index in [2.05, 4.69) is 38.5 Å². The van der Waals surface area contributed by atoms with Crippen molar-refractivity contribution < 1.29 is 9.90 Å². The van der Waals surface area contributed by atoms with Crippen molar-refractivity contribution in [2.75, 3.05) is 11.4 Å². The number of aliphatic hydroxyl groups is 1. The summed E-state index contributed by atoms with van der Waals surface area (Å²) < 4.78 is 1.99. The van der Waals surface area contributed by atoms with Gasteiger partial charge in [-0.05, 0) is 40.8 Å². The summed E-state index contributed by atoms with van der Waals surface area (Å²) in [6.45, 7) is 0.399. The van der Waals surface area contributed by atoms with Crippen LogP contribution in [0, 0.1) is 3.57 Å². The number of hydrogen-bond donors (Lipinski definition) is 1. The third-order valence-corrected chi connectivity index (χ3v) is 3.66. The van der Waals surface area contributed by atoms with E-state index in [0.29, 0.717) is 6.54 Å². The Morgan fingerprint density at radius 3 is 2.80 bits per heavy atom. The van der Waals surface area contributed by atoms with Crippen molar-refractivity contribution in [3.8, 4) is 0 Å². The van der Waals surface area contributed by atoms with E-state index in [1.54, 1.807) is 4.90 Å². The van der Waals surface area contributed by atoms with E-state index in [4.69, 9.17) is 0 Å². The number of carbonyl (C=O) groups is 1. The van der Waals surface area contributed by atoms with Gasteiger partial charge in [0.25, 0.3) is 0 Å². The number of benzene rings is 1. The maximum absolute atomic E-state index is 11.6. The fourth-order valence-electron chi connectivity index (χ4n) is 1.62. The van der Waals surface area contributed by atoms with Crippen LogP contribution < -0.4 is 4.90 Å². The van der Waals surface area contributed by atoms with Crippen LogP contribution in [0.25, 0.3) is 0 Å². The van der Waals surface area contributed by atoms with Crippen LogP contribution in [0.2, 0.25) is 0 Å². The van der Waals surface area contributed by atoms with Crippen molar-refractivity contribution >= 4 is 50.1 Å². The first-order chi connectivity index (χ1) is 7.08. The van der Waals surface area contributed by atoms with Crippen LogP contribution in [0.5, 0.6) is 0 Å². The Balaban J connectivity index is 2.34. The maximum atomic E-state index is 11.6. The monoisotopic (exact) mass is 381 g/mol. The van der Waals surface area contributed by atoms with Crippen LogP contribution in [-0.2, 0) is 4.79 Å². The Labute approximate surface area is 110 Å². The second-order valence-electron chi connectivity index (χ2n) is 3.46. The van der Waals surface area contributed by atoms with Crippen LogP contribution in [-0.4, -0.2) is 23.7 Å². The van der Waals surface area contributed by atoms with Crippen molar-refractivity contribution in [2.45, 2.75) is 12.5 Å². The van der Waals surface area contributed by atoms with E-state index in [0.717, 1.165) is 13.7 Å². The van der Waals surface area contributed by atoms with Crippen LogP contribution in [0.3, 0.4) is 0 Å². The zero-order valence-corrected chi connectivity index (χ0v) is 11.5. The smallest absolute Gasteiger partial charge is 0.229 e. The second kappa shape index (κ2) is 4.39. The molecule has 0 saturated carbocycles. The molecule has 0 aromatic heterocycles. The Kier molecular flexibility index (Phi) is 3.32. The first-order valence-corrected chi connectivity index (χ1v) is 6.38. The number of halogens is 2. The Hall–Kier alpha value is -0.140. The minimum atomic E-state index is -0.531. The Morgan fingerprint density at radius 2 is 2.27 bits per heavy atom. The molecule has 1 unspecified atom stereocenters. The van der Waals surface area contributed by atoms with Gasteiger partial charge in [0.2, 0.25) is 5.91 Å². The zero-order valence-electron chi connectivity index (χ0n) is 7.78. The predicted molar refractivity (Wildman–Crippen MR) is 69.8 cm³/mol. The molecule has 1 fully saturated rings. The molecule has 1 atom stereocenters. The molecular weight excluding hydrogens is 373 g/mol. The predicted octanol–water partition coefficient (Wildman–Crippen LogP) is 2.15. The van der Waals surface area contributed by atoms with Gasteiger partial charge in [0.05, 0.1) is 24.8 Å². The molecule has 80 valence electrons. The molecule has 1 saturated heterocycles. The summed E-state index contributed by atoms with van der Waals surface area (Å²) in [6, 6.07) is 5.74. The van der Waals surface area contributed by atoms with Crippen molar-refractivity contribution in [3.63, 3.8) is 0 Å². The molecule has 1 amide bonds. The molecule has 0 spiro atoms. The molecule has 1 aromatic carbocycles. The number of β-amino-alcohol motifs (C(OH)–C–C–N with tert-alkyl or cyclic N) is 1. The van der Waals surface area contributed by atoms with Gasteiger partial charge in [-0.3, -0.25) is 4.79 Å². The van der Waals surface area contributed by atoms with E-state index in [9.17, 15) is 9.90 Å².